The average molecular weight is 365 g/mol. The molecule has 0 spiro atoms. The highest BCUT2D eigenvalue weighted by molar-refractivity contribution is 7.15. The van der Waals surface area contributed by atoms with E-state index in [4.69, 9.17) is 0 Å². The molecule has 0 unspecified atom stereocenters. The average Bonchev–Trinajstić information content (AvgIpc) is 3.34. The minimum atomic E-state index is -0.436. The second-order valence-corrected chi connectivity index (χ2v) is 6.66. The number of amides is 1. The molecule has 0 fully saturated rings. The number of nitrogens with zero attached hydrogens (tertiary/aromatic N) is 4. The summed E-state index contributed by atoms with van der Waals surface area (Å²) in [6.45, 7) is 1.87. The number of carbonyl (C=O) groups excluding carboxylic acids is 1. The van der Waals surface area contributed by atoms with Crippen LogP contribution in [0.4, 0.5) is 0 Å². The Morgan fingerprint density at radius 3 is 2.77 bits per heavy atom. The van der Waals surface area contributed by atoms with E-state index in [9.17, 15) is 9.59 Å². The van der Waals surface area contributed by atoms with Crippen LogP contribution in [0.15, 0.2) is 65.6 Å². The van der Waals surface area contributed by atoms with Gasteiger partial charge in [0.1, 0.15) is 5.56 Å². The van der Waals surface area contributed by atoms with Gasteiger partial charge in [0.05, 0.1) is 12.4 Å². The number of hydrogen-bond acceptors (Lipinski definition) is 5. The van der Waals surface area contributed by atoms with E-state index in [2.05, 4.69) is 15.3 Å². The molecule has 1 aromatic carbocycles. The molecule has 0 aliphatic carbocycles. The lowest BCUT2D eigenvalue weighted by Gasteiger charge is -2.15. The highest BCUT2D eigenvalue weighted by atomic mass is 32.1. The van der Waals surface area contributed by atoms with Gasteiger partial charge in [0.15, 0.2) is 4.96 Å². The fourth-order valence-electron chi connectivity index (χ4n) is 2.69. The van der Waals surface area contributed by atoms with Crippen LogP contribution in [0.2, 0.25) is 0 Å². The first-order chi connectivity index (χ1) is 12.6. The third kappa shape index (κ3) is 2.91. The van der Waals surface area contributed by atoms with E-state index in [1.807, 2.05) is 42.0 Å². The summed E-state index contributed by atoms with van der Waals surface area (Å²) in [6.07, 6.45) is 8.25. The lowest BCUT2D eigenvalue weighted by atomic mass is 10.1. The predicted octanol–water partition coefficient (Wildman–Crippen LogP) is 2.43. The number of carbonyl (C=O) groups is 1. The van der Waals surface area contributed by atoms with Gasteiger partial charge >= 0.3 is 0 Å². The van der Waals surface area contributed by atoms with Crippen LogP contribution < -0.4 is 10.9 Å². The maximum atomic E-state index is 12.5. The van der Waals surface area contributed by atoms with E-state index in [1.54, 1.807) is 24.1 Å². The molecule has 0 radical (unpaired) electrons. The summed E-state index contributed by atoms with van der Waals surface area (Å²) in [4.78, 5) is 33.6. The standard InChI is InChI=1S/C18H15N5O2S/c1-12(13-2-4-14(5-3-13)22-7-6-19-11-22)21-16(24)15-10-20-18-23(17(15)25)8-9-26-18/h2-12H,1H3,(H,21,24)/t12-/m1/s1. The molecular formula is C18H15N5O2S. The van der Waals surface area contributed by atoms with Gasteiger partial charge in [-0.05, 0) is 24.6 Å². The molecule has 0 saturated heterocycles. The van der Waals surface area contributed by atoms with Crippen molar-refractivity contribution in [3.8, 4) is 5.69 Å². The summed E-state index contributed by atoms with van der Waals surface area (Å²) < 4.78 is 3.28. The third-order valence-electron chi connectivity index (χ3n) is 4.13. The molecule has 1 amide bonds. The molecule has 4 rings (SSSR count). The Morgan fingerprint density at radius 2 is 2.04 bits per heavy atom. The van der Waals surface area contributed by atoms with Crippen LogP contribution in [0.25, 0.3) is 10.6 Å². The van der Waals surface area contributed by atoms with Crippen molar-refractivity contribution in [3.63, 3.8) is 0 Å². The number of thiazole rings is 1. The second-order valence-electron chi connectivity index (χ2n) is 5.79. The van der Waals surface area contributed by atoms with Crippen LogP contribution in [-0.4, -0.2) is 24.8 Å². The monoisotopic (exact) mass is 365 g/mol. The molecule has 1 N–H and O–H groups in total. The normalized spacial score (nSPS) is 12.2. The molecule has 3 heterocycles. The van der Waals surface area contributed by atoms with E-state index in [0.29, 0.717) is 4.96 Å². The molecule has 0 saturated carbocycles. The van der Waals surface area contributed by atoms with Gasteiger partial charge in [0.25, 0.3) is 11.5 Å². The van der Waals surface area contributed by atoms with Crippen LogP contribution in [-0.2, 0) is 0 Å². The Bertz CT molecular complexity index is 1110. The molecule has 26 heavy (non-hydrogen) atoms. The van der Waals surface area contributed by atoms with E-state index in [0.717, 1.165) is 11.3 Å². The van der Waals surface area contributed by atoms with Gasteiger partial charge in [0, 0.05) is 35.9 Å². The van der Waals surface area contributed by atoms with Gasteiger partial charge in [-0.15, -0.1) is 11.3 Å². The highest BCUT2D eigenvalue weighted by Crippen LogP contribution is 2.16. The van der Waals surface area contributed by atoms with E-state index >= 15 is 0 Å². The number of hydrogen-bond donors (Lipinski definition) is 1. The van der Waals surface area contributed by atoms with Crippen LogP contribution in [0.1, 0.15) is 28.9 Å². The Labute approximate surface area is 152 Å². The minimum absolute atomic E-state index is 0.0304. The van der Waals surface area contributed by atoms with Crippen LogP contribution in [0, 0.1) is 0 Å². The van der Waals surface area contributed by atoms with Gasteiger partial charge in [-0.25, -0.2) is 9.97 Å². The van der Waals surface area contributed by atoms with Gasteiger partial charge in [-0.3, -0.25) is 14.0 Å². The van der Waals surface area contributed by atoms with E-state index in [-0.39, 0.29) is 17.2 Å². The summed E-state index contributed by atoms with van der Waals surface area (Å²) in [5.41, 5.74) is 1.58. The van der Waals surface area contributed by atoms with Crippen molar-refractivity contribution in [1.29, 1.82) is 0 Å². The van der Waals surface area contributed by atoms with Crippen molar-refractivity contribution in [2.24, 2.45) is 0 Å². The predicted molar refractivity (Wildman–Crippen MR) is 98.8 cm³/mol. The molecule has 130 valence electrons. The number of aromatic nitrogens is 4. The van der Waals surface area contributed by atoms with Crippen LogP contribution in [0.3, 0.4) is 0 Å². The molecule has 8 heteroatoms. The molecule has 0 aliphatic heterocycles. The number of nitrogens with one attached hydrogen (secondary N) is 1. The molecule has 1 atom stereocenters. The van der Waals surface area contributed by atoms with Crippen molar-refractivity contribution in [3.05, 3.63) is 82.2 Å². The van der Waals surface area contributed by atoms with Gasteiger partial charge in [-0.2, -0.15) is 0 Å². The first-order valence-corrected chi connectivity index (χ1v) is 8.85. The van der Waals surface area contributed by atoms with Crippen LogP contribution in [0.5, 0.6) is 0 Å². The van der Waals surface area contributed by atoms with Crippen LogP contribution >= 0.6 is 11.3 Å². The molecule has 7 nitrogen and oxygen atoms in total. The fourth-order valence-corrected chi connectivity index (χ4v) is 3.36. The number of imidazole rings is 1. The number of benzene rings is 1. The number of fused-ring (bicyclic) bond motifs is 1. The molecule has 0 aliphatic rings. The first kappa shape index (κ1) is 16.2. The summed E-state index contributed by atoms with van der Waals surface area (Å²) in [6, 6.07) is 7.53. The molecular weight excluding hydrogens is 350 g/mol. The summed E-state index contributed by atoms with van der Waals surface area (Å²) in [5, 5.41) is 4.62. The second kappa shape index (κ2) is 6.57. The first-order valence-electron chi connectivity index (χ1n) is 7.97. The molecule has 0 bridgehead atoms. The third-order valence-corrected chi connectivity index (χ3v) is 4.90. The smallest absolute Gasteiger partial charge is 0.271 e. The van der Waals surface area contributed by atoms with E-state index in [1.165, 1.54) is 21.9 Å². The minimum Gasteiger partial charge on any atom is -0.345 e. The van der Waals surface area contributed by atoms with Crippen molar-refractivity contribution in [1.82, 2.24) is 24.3 Å². The maximum Gasteiger partial charge on any atom is 0.271 e. The van der Waals surface area contributed by atoms with Crippen molar-refractivity contribution in [2.45, 2.75) is 13.0 Å². The molecule has 4 aromatic rings. The van der Waals surface area contributed by atoms with Gasteiger partial charge in [0.2, 0.25) is 0 Å². The van der Waals surface area contributed by atoms with Gasteiger partial charge in [-0.1, -0.05) is 12.1 Å². The summed E-state index contributed by atoms with van der Waals surface area (Å²) in [7, 11) is 0. The Balaban J connectivity index is 1.53. The lowest BCUT2D eigenvalue weighted by molar-refractivity contribution is 0.0938. The van der Waals surface area contributed by atoms with Crippen molar-refractivity contribution in [2.75, 3.05) is 0 Å². The molecule has 3 aromatic heterocycles. The van der Waals surface area contributed by atoms with Gasteiger partial charge < -0.3 is 9.88 Å². The Hall–Kier alpha value is -3.26. The summed E-state index contributed by atoms with van der Waals surface area (Å²) in [5.74, 6) is -0.436. The zero-order chi connectivity index (χ0) is 18.1. The Morgan fingerprint density at radius 1 is 1.23 bits per heavy atom. The van der Waals surface area contributed by atoms with Crippen molar-refractivity contribution >= 4 is 22.2 Å². The highest BCUT2D eigenvalue weighted by Gasteiger charge is 2.16. The zero-order valence-corrected chi connectivity index (χ0v) is 14.7. The van der Waals surface area contributed by atoms with Crippen molar-refractivity contribution < 1.29 is 4.79 Å². The van der Waals surface area contributed by atoms with E-state index < -0.39 is 5.91 Å². The maximum absolute atomic E-state index is 12.5. The lowest BCUT2D eigenvalue weighted by Crippen LogP contribution is -2.32. The quantitative estimate of drug-likeness (QED) is 0.602. The largest absolute Gasteiger partial charge is 0.345 e. The topological polar surface area (TPSA) is 81.3 Å². The zero-order valence-electron chi connectivity index (χ0n) is 13.9. The fraction of sp³-hybridized carbons (Fsp3) is 0.111. The number of rotatable bonds is 4. The summed E-state index contributed by atoms with van der Waals surface area (Å²) >= 11 is 1.35. The Kier molecular flexibility index (Phi) is 4.10. The SMILES string of the molecule is C[C@@H](NC(=O)c1cnc2sccn2c1=O)c1ccc(-n2ccnc2)cc1.